The molecule has 0 aromatic heterocycles. The minimum Gasteiger partial charge on any atom is -0.396 e. The van der Waals surface area contributed by atoms with E-state index in [1.807, 2.05) is 14.0 Å². The number of nitrogens with one attached hydrogen (secondary N) is 1. The zero-order chi connectivity index (χ0) is 11.3. The number of rotatable bonds is 5. The van der Waals surface area contributed by atoms with Gasteiger partial charge in [0.15, 0.2) is 0 Å². The average Bonchev–Trinajstić information content (AvgIpc) is 2.71. The van der Waals surface area contributed by atoms with Crippen LogP contribution in [0.5, 0.6) is 0 Å². The number of carbonyl (C=O) groups is 1. The highest BCUT2D eigenvalue weighted by Crippen LogP contribution is 2.24. The van der Waals surface area contributed by atoms with Crippen molar-refractivity contribution >= 4 is 5.91 Å². The summed E-state index contributed by atoms with van der Waals surface area (Å²) in [5, 5.41) is 12.4. The first kappa shape index (κ1) is 12.5. The SMILES string of the molecule is CCN(C)C(=O)CNC1CCCC1CO. The van der Waals surface area contributed by atoms with E-state index < -0.39 is 0 Å². The van der Waals surface area contributed by atoms with Crippen LogP contribution in [-0.4, -0.2) is 48.7 Å². The molecule has 2 atom stereocenters. The number of nitrogens with zero attached hydrogens (tertiary/aromatic N) is 1. The van der Waals surface area contributed by atoms with Crippen LogP contribution in [-0.2, 0) is 4.79 Å². The highest BCUT2D eigenvalue weighted by Gasteiger charge is 2.26. The smallest absolute Gasteiger partial charge is 0.236 e. The topological polar surface area (TPSA) is 52.6 Å². The summed E-state index contributed by atoms with van der Waals surface area (Å²) in [5.41, 5.74) is 0. The average molecular weight is 214 g/mol. The second-order valence-corrected chi connectivity index (χ2v) is 4.27. The van der Waals surface area contributed by atoms with Crippen LogP contribution in [0.2, 0.25) is 0 Å². The summed E-state index contributed by atoms with van der Waals surface area (Å²) < 4.78 is 0. The first-order chi connectivity index (χ1) is 7.19. The van der Waals surface area contributed by atoms with Crippen molar-refractivity contribution < 1.29 is 9.90 Å². The first-order valence-corrected chi connectivity index (χ1v) is 5.77. The van der Waals surface area contributed by atoms with Crippen LogP contribution in [0.15, 0.2) is 0 Å². The molecular weight excluding hydrogens is 192 g/mol. The number of hydrogen-bond acceptors (Lipinski definition) is 3. The summed E-state index contributed by atoms with van der Waals surface area (Å²) >= 11 is 0. The zero-order valence-corrected chi connectivity index (χ0v) is 9.70. The van der Waals surface area contributed by atoms with Crippen molar-refractivity contribution in [3.05, 3.63) is 0 Å². The Morgan fingerprint density at radius 3 is 2.87 bits per heavy atom. The maximum Gasteiger partial charge on any atom is 0.236 e. The van der Waals surface area contributed by atoms with Gasteiger partial charge in [-0.2, -0.15) is 0 Å². The van der Waals surface area contributed by atoms with Crippen molar-refractivity contribution in [1.29, 1.82) is 0 Å². The predicted octanol–water partition coefficient (Wildman–Crippen LogP) is 0.215. The number of hydrogen-bond donors (Lipinski definition) is 2. The Kier molecular flexibility index (Phi) is 5.05. The second-order valence-electron chi connectivity index (χ2n) is 4.27. The molecule has 88 valence electrons. The Labute approximate surface area is 91.6 Å². The van der Waals surface area contributed by atoms with Crippen molar-refractivity contribution in [2.45, 2.75) is 32.2 Å². The minimum absolute atomic E-state index is 0.126. The molecular formula is C11H22N2O2. The molecule has 15 heavy (non-hydrogen) atoms. The third-order valence-corrected chi connectivity index (χ3v) is 3.31. The van der Waals surface area contributed by atoms with Gasteiger partial charge in [0.25, 0.3) is 0 Å². The van der Waals surface area contributed by atoms with Crippen molar-refractivity contribution in [2.24, 2.45) is 5.92 Å². The fourth-order valence-corrected chi connectivity index (χ4v) is 2.05. The largest absolute Gasteiger partial charge is 0.396 e. The van der Waals surface area contributed by atoms with Gasteiger partial charge in [-0.05, 0) is 25.7 Å². The highest BCUT2D eigenvalue weighted by molar-refractivity contribution is 5.77. The molecule has 0 aliphatic heterocycles. The molecule has 0 radical (unpaired) electrons. The molecule has 1 aliphatic rings. The fourth-order valence-electron chi connectivity index (χ4n) is 2.05. The van der Waals surface area contributed by atoms with Gasteiger partial charge in [-0.1, -0.05) is 6.42 Å². The number of aliphatic hydroxyl groups is 1. The van der Waals surface area contributed by atoms with Crippen LogP contribution in [0.4, 0.5) is 0 Å². The molecule has 0 bridgehead atoms. The molecule has 0 heterocycles. The maximum atomic E-state index is 11.5. The van der Waals surface area contributed by atoms with Gasteiger partial charge in [-0.3, -0.25) is 4.79 Å². The molecule has 1 fully saturated rings. The van der Waals surface area contributed by atoms with Gasteiger partial charge in [-0.15, -0.1) is 0 Å². The summed E-state index contributed by atoms with van der Waals surface area (Å²) in [6, 6.07) is 0.323. The molecule has 4 heteroatoms. The molecule has 1 amide bonds. The van der Waals surface area contributed by atoms with Crippen LogP contribution in [0.25, 0.3) is 0 Å². The van der Waals surface area contributed by atoms with Gasteiger partial charge >= 0.3 is 0 Å². The lowest BCUT2D eigenvalue weighted by molar-refractivity contribution is -0.128. The Morgan fingerprint density at radius 1 is 1.53 bits per heavy atom. The normalized spacial score (nSPS) is 25.5. The third kappa shape index (κ3) is 3.47. The Bertz CT molecular complexity index is 209. The van der Waals surface area contributed by atoms with E-state index in [9.17, 15) is 4.79 Å². The van der Waals surface area contributed by atoms with E-state index in [0.29, 0.717) is 18.5 Å². The summed E-state index contributed by atoms with van der Waals surface area (Å²) in [6.07, 6.45) is 3.31. The van der Waals surface area contributed by atoms with Gasteiger partial charge in [0.2, 0.25) is 5.91 Å². The van der Waals surface area contributed by atoms with Crippen molar-refractivity contribution in [1.82, 2.24) is 10.2 Å². The van der Waals surface area contributed by atoms with Gasteiger partial charge in [0.05, 0.1) is 6.54 Å². The van der Waals surface area contributed by atoms with Crippen LogP contribution >= 0.6 is 0 Å². The van der Waals surface area contributed by atoms with Crippen molar-refractivity contribution in [3.8, 4) is 0 Å². The monoisotopic (exact) mass is 214 g/mol. The number of carbonyl (C=O) groups excluding carboxylic acids is 1. The number of aliphatic hydroxyl groups excluding tert-OH is 1. The molecule has 0 spiro atoms. The first-order valence-electron chi connectivity index (χ1n) is 5.77. The lowest BCUT2D eigenvalue weighted by atomic mass is 10.1. The molecule has 1 saturated carbocycles. The Morgan fingerprint density at radius 2 is 2.27 bits per heavy atom. The summed E-state index contributed by atoms with van der Waals surface area (Å²) in [6.45, 7) is 3.33. The van der Waals surface area contributed by atoms with Crippen molar-refractivity contribution in [3.63, 3.8) is 0 Å². The van der Waals surface area contributed by atoms with E-state index in [1.165, 1.54) is 0 Å². The quantitative estimate of drug-likeness (QED) is 0.688. The lowest BCUT2D eigenvalue weighted by Crippen LogP contribution is -2.42. The van der Waals surface area contributed by atoms with Gasteiger partial charge in [0.1, 0.15) is 0 Å². The van der Waals surface area contributed by atoms with E-state index in [4.69, 9.17) is 5.11 Å². The molecule has 4 nitrogen and oxygen atoms in total. The van der Waals surface area contributed by atoms with Gasteiger partial charge < -0.3 is 15.3 Å². The van der Waals surface area contributed by atoms with Crippen molar-refractivity contribution in [2.75, 3.05) is 26.7 Å². The summed E-state index contributed by atoms with van der Waals surface area (Å²) in [4.78, 5) is 13.2. The van der Waals surface area contributed by atoms with Crippen LogP contribution in [0.1, 0.15) is 26.2 Å². The molecule has 0 aromatic rings. The summed E-state index contributed by atoms with van der Waals surface area (Å²) in [5.74, 6) is 0.464. The van der Waals surface area contributed by atoms with Gasteiger partial charge in [-0.25, -0.2) is 0 Å². The maximum absolute atomic E-state index is 11.5. The number of amides is 1. The van der Waals surface area contributed by atoms with Crippen LogP contribution < -0.4 is 5.32 Å². The zero-order valence-electron chi connectivity index (χ0n) is 9.70. The van der Waals surface area contributed by atoms with E-state index in [1.54, 1.807) is 4.90 Å². The van der Waals surface area contributed by atoms with E-state index >= 15 is 0 Å². The lowest BCUT2D eigenvalue weighted by Gasteiger charge is -2.21. The third-order valence-electron chi connectivity index (χ3n) is 3.31. The Balaban J connectivity index is 2.27. The molecule has 2 unspecified atom stereocenters. The molecule has 2 N–H and O–H groups in total. The molecule has 0 saturated heterocycles. The molecule has 0 aromatic carbocycles. The van der Waals surface area contributed by atoms with Crippen LogP contribution in [0, 0.1) is 5.92 Å². The van der Waals surface area contributed by atoms with E-state index in [0.717, 1.165) is 25.8 Å². The summed E-state index contributed by atoms with van der Waals surface area (Å²) in [7, 11) is 1.81. The predicted molar refractivity (Wildman–Crippen MR) is 59.5 cm³/mol. The second kappa shape index (κ2) is 6.08. The number of likely N-dealkylation sites (N-methyl/N-ethyl adjacent to an activating group) is 1. The van der Waals surface area contributed by atoms with E-state index in [-0.39, 0.29) is 12.5 Å². The minimum atomic E-state index is 0.126. The Hall–Kier alpha value is -0.610. The molecule has 1 rings (SSSR count). The standard InChI is InChI=1S/C11H22N2O2/c1-3-13(2)11(15)7-12-10-6-4-5-9(10)8-14/h9-10,12,14H,3-8H2,1-2H3. The fraction of sp³-hybridized carbons (Fsp3) is 0.909. The molecule has 1 aliphatic carbocycles. The van der Waals surface area contributed by atoms with E-state index in [2.05, 4.69) is 5.32 Å². The van der Waals surface area contributed by atoms with Crippen LogP contribution in [0.3, 0.4) is 0 Å². The van der Waals surface area contributed by atoms with Gasteiger partial charge in [0, 0.05) is 26.2 Å². The highest BCUT2D eigenvalue weighted by atomic mass is 16.3.